The molecular formula is C96H79BN4. The summed E-state index contributed by atoms with van der Waals surface area (Å²) < 4.78 is 98.2. The Kier molecular flexibility index (Phi) is 12.0. The maximum atomic E-state index is 9.73. The molecule has 0 radical (unpaired) electrons. The summed E-state index contributed by atoms with van der Waals surface area (Å²) in [5.41, 5.74) is 22.2. The number of fused-ring (bicyclic) bond motifs is 10. The molecule has 0 fully saturated rings. The lowest BCUT2D eigenvalue weighted by molar-refractivity contribution is 0.590. The number of rotatable bonds is 9. The van der Waals surface area contributed by atoms with Gasteiger partial charge in [-0.2, -0.15) is 0 Å². The fourth-order valence-corrected chi connectivity index (χ4v) is 15.9. The van der Waals surface area contributed by atoms with E-state index in [-0.39, 0.29) is 51.5 Å². The summed E-state index contributed by atoms with van der Waals surface area (Å²) in [4.78, 5) is 4.84. The molecule has 101 heavy (non-hydrogen) atoms. The fourth-order valence-electron chi connectivity index (χ4n) is 15.9. The van der Waals surface area contributed by atoms with Gasteiger partial charge >= 0.3 is 0 Å². The lowest BCUT2D eigenvalue weighted by Crippen LogP contribution is -2.61. The summed E-state index contributed by atoms with van der Waals surface area (Å²) in [5, 5.41) is 4.10. The molecule has 0 bridgehead atoms. The molecule has 2 aromatic heterocycles. The first-order chi connectivity index (χ1) is 53.2. The molecule has 0 saturated carbocycles. The second-order valence-corrected chi connectivity index (χ2v) is 30.2. The molecule has 0 aliphatic carbocycles. The molecule has 0 saturated heterocycles. The summed E-state index contributed by atoms with van der Waals surface area (Å²) in [5.74, 6) is 0. The Morgan fingerprint density at radius 2 is 0.703 bits per heavy atom. The number of hydrogen-bond donors (Lipinski definition) is 0. The van der Waals surface area contributed by atoms with Crippen LogP contribution < -0.4 is 26.2 Å². The Morgan fingerprint density at radius 1 is 0.287 bits per heavy atom. The molecule has 0 unspecified atom stereocenters. The minimum Gasteiger partial charge on any atom is -0.310 e. The highest BCUT2D eigenvalue weighted by molar-refractivity contribution is 7.00. The molecule has 4 nitrogen and oxygen atoms in total. The van der Waals surface area contributed by atoms with Crippen LogP contribution in [0, 0.1) is 0 Å². The van der Waals surface area contributed by atoms with Gasteiger partial charge in [0.1, 0.15) is 0 Å². The van der Waals surface area contributed by atoms with Gasteiger partial charge in [0.15, 0.2) is 0 Å². The van der Waals surface area contributed by atoms with Crippen LogP contribution in [0.5, 0.6) is 0 Å². The zero-order chi connectivity index (χ0) is 77.3. The third kappa shape index (κ3) is 10.2. The molecule has 5 heteroatoms. The van der Waals surface area contributed by atoms with Gasteiger partial charge in [-0.05, 0) is 173 Å². The topological polar surface area (TPSA) is 16.3 Å². The van der Waals surface area contributed by atoms with Gasteiger partial charge in [-0.3, -0.25) is 0 Å². The van der Waals surface area contributed by atoms with Gasteiger partial charge in [0.05, 0.1) is 52.8 Å². The van der Waals surface area contributed by atoms with Crippen molar-refractivity contribution >= 4 is 101 Å². The molecule has 4 heterocycles. The van der Waals surface area contributed by atoms with Gasteiger partial charge in [0.25, 0.3) is 6.71 Å². The van der Waals surface area contributed by atoms with Crippen LogP contribution in [0.4, 0.5) is 34.1 Å². The van der Waals surface area contributed by atoms with Crippen molar-refractivity contribution in [1.82, 2.24) is 9.13 Å². The summed E-state index contributed by atoms with van der Waals surface area (Å²) in [6, 6.07) is 86.2. The van der Waals surface area contributed by atoms with Crippen molar-refractivity contribution < 1.29 is 13.7 Å². The van der Waals surface area contributed by atoms with Crippen molar-refractivity contribution in [2.24, 2.45) is 0 Å². The van der Waals surface area contributed by atoms with Crippen LogP contribution in [0.3, 0.4) is 0 Å². The molecule has 16 aromatic rings. The van der Waals surface area contributed by atoms with E-state index >= 15 is 0 Å². The predicted octanol–water partition coefficient (Wildman–Crippen LogP) is 24.2. The first kappa shape index (κ1) is 51.5. The molecule has 2 aliphatic heterocycles. The second kappa shape index (κ2) is 23.5. The van der Waals surface area contributed by atoms with E-state index in [1.54, 1.807) is 0 Å². The van der Waals surface area contributed by atoms with E-state index in [1.807, 2.05) is 48.5 Å². The quantitative estimate of drug-likeness (QED) is 0.134. The number of hydrogen-bond acceptors (Lipinski definition) is 2. The van der Waals surface area contributed by atoms with Crippen LogP contribution in [0.1, 0.15) is 92.7 Å². The molecule has 18 rings (SSSR count). The third-order valence-corrected chi connectivity index (χ3v) is 20.9. The van der Waals surface area contributed by atoms with Crippen molar-refractivity contribution in [1.29, 1.82) is 0 Å². The third-order valence-electron chi connectivity index (χ3n) is 20.9. The van der Waals surface area contributed by atoms with E-state index < -0.39 is 43.0 Å². The van der Waals surface area contributed by atoms with E-state index in [1.165, 1.54) is 11.1 Å². The zero-order valence-electron chi connectivity index (χ0n) is 68.1. The van der Waals surface area contributed by atoms with Crippen LogP contribution >= 0.6 is 0 Å². The van der Waals surface area contributed by atoms with E-state index in [0.717, 1.165) is 133 Å². The second-order valence-electron chi connectivity index (χ2n) is 30.2. The van der Waals surface area contributed by atoms with Crippen LogP contribution in [-0.2, 0) is 16.2 Å². The minimum absolute atomic E-state index is 0.0553. The Bertz CT molecular complexity index is 6400. The molecule has 486 valence electrons. The van der Waals surface area contributed by atoms with Crippen molar-refractivity contribution in [2.45, 2.75) is 78.6 Å². The van der Waals surface area contributed by atoms with Gasteiger partial charge in [-0.15, -0.1) is 0 Å². The average molecular weight is 1310 g/mol. The number of nitrogens with zero attached hydrogens (tertiary/aromatic N) is 4. The van der Waals surface area contributed by atoms with Crippen molar-refractivity contribution in [2.75, 3.05) is 9.80 Å². The van der Waals surface area contributed by atoms with Crippen LogP contribution in [0.15, 0.2) is 315 Å². The van der Waals surface area contributed by atoms with Gasteiger partial charge in [0.2, 0.25) is 0 Å². The first-order valence-corrected chi connectivity index (χ1v) is 34.9. The van der Waals surface area contributed by atoms with Crippen LogP contribution in [0.25, 0.3) is 111 Å². The molecule has 0 amide bonds. The Labute approximate surface area is 607 Å². The molecule has 0 atom stereocenters. The highest BCUT2D eigenvalue weighted by Crippen LogP contribution is 2.56. The number of benzene rings is 14. The first-order valence-electron chi connectivity index (χ1n) is 39.9. The number of para-hydroxylation sites is 2. The number of anilines is 6. The molecule has 0 spiro atoms. The van der Waals surface area contributed by atoms with Gasteiger partial charge in [-0.25, -0.2) is 0 Å². The Morgan fingerprint density at radius 3 is 1.19 bits per heavy atom. The summed E-state index contributed by atoms with van der Waals surface area (Å²) >= 11 is 0. The standard InChI is InChI=1S/C96H79BN4/c1-94(2,3)69-46-51-83-78(56-69)79-57-70(95(4,5)6)47-52-84(79)99(83)73-60-88-91-89(61-73)101(93-74(64-34-20-12-21-35-64)48-53-85-90(93)75-42-28-29-43-82(75)98(85)72-40-26-15-27-41-72)87-55-68(63-32-18-11-19-33-63)45-50-81(87)97(91)80-49-44-67(62-30-16-10-17-31-62)54-86(80)100(88)92-76(65-36-22-13-23-37-65)58-71(96(7,8)9)59-77(92)66-38-24-14-25-39-66/h10-61H,1-9H3/i10D,11D,16D,17D,18D,19D,30D,31D,32D,33D. The fraction of sp³-hybridized carbons (Fsp3) is 0.125. The Hall–Kier alpha value is -11.7. The van der Waals surface area contributed by atoms with Crippen molar-refractivity contribution in [3.05, 3.63) is 332 Å². The van der Waals surface area contributed by atoms with Gasteiger partial charge in [-0.1, -0.05) is 293 Å². The van der Waals surface area contributed by atoms with E-state index in [0.29, 0.717) is 22.5 Å². The average Bonchev–Trinajstić information content (AvgIpc) is 1.43. The molecular weight excluding hydrogens is 1220 g/mol. The smallest absolute Gasteiger partial charge is 0.252 e. The van der Waals surface area contributed by atoms with Crippen molar-refractivity contribution in [3.8, 4) is 67.0 Å². The summed E-state index contributed by atoms with van der Waals surface area (Å²) in [7, 11) is 0. The minimum atomic E-state index is -0.661. The summed E-state index contributed by atoms with van der Waals surface area (Å²) in [6.45, 7) is 19.6. The van der Waals surface area contributed by atoms with E-state index in [9.17, 15) is 11.0 Å². The van der Waals surface area contributed by atoms with Gasteiger partial charge < -0.3 is 18.9 Å². The predicted molar refractivity (Wildman–Crippen MR) is 432 cm³/mol. The monoisotopic (exact) mass is 1310 g/mol. The van der Waals surface area contributed by atoms with Gasteiger partial charge in [0, 0.05) is 66.7 Å². The van der Waals surface area contributed by atoms with E-state index in [4.69, 9.17) is 2.74 Å². The lowest BCUT2D eigenvalue weighted by Gasteiger charge is -2.46. The molecule has 14 aromatic carbocycles. The molecule has 0 N–H and O–H groups in total. The normalized spacial score (nSPS) is 14.3. The van der Waals surface area contributed by atoms with Crippen LogP contribution in [-0.4, -0.2) is 15.8 Å². The SMILES string of the molecule is [2H]c1c([2H])c([2H])c(-c2ccc3c(c2)N(c2c(-c4ccccc4)cc(C(C)(C)C)cc2-c2ccccc2)c2cc(-n4c5ccc(C(C)(C)C)cc5c5cc(C(C)(C)C)ccc54)cc4c2B3c2ccc(-c3c([2H])c([2H])c([2H])c([2H])c3[2H])cc2N4c2c(-c3ccccc3)ccc3c2c2ccccc2n3-c2ccccc2)c([2H])c1[2H]. The highest BCUT2D eigenvalue weighted by atomic mass is 15.2. The number of aromatic nitrogens is 2. The maximum absolute atomic E-state index is 9.73. The van der Waals surface area contributed by atoms with Crippen molar-refractivity contribution in [3.63, 3.8) is 0 Å². The highest BCUT2D eigenvalue weighted by Gasteiger charge is 2.46. The largest absolute Gasteiger partial charge is 0.310 e. The van der Waals surface area contributed by atoms with E-state index in [2.05, 4.69) is 288 Å². The summed E-state index contributed by atoms with van der Waals surface area (Å²) in [6.07, 6.45) is 0. The lowest BCUT2D eigenvalue weighted by atomic mass is 9.33. The molecule has 2 aliphatic rings. The maximum Gasteiger partial charge on any atom is 0.252 e. The zero-order valence-corrected chi connectivity index (χ0v) is 58.1. The Balaban J connectivity index is 1.10. The van der Waals surface area contributed by atoms with Crippen LogP contribution in [0.2, 0.25) is 0 Å².